The first-order valence-corrected chi connectivity index (χ1v) is 11.5. The van der Waals surface area contributed by atoms with Gasteiger partial charge >= 0.3 is 11.9 Å². The summed E-state index contributed by atoms with van der Waals surface area (Å²) in [6, 6.07) is 0. The largest absolute Gasteiger partial charge is 0.469 e. The third kappa shape index (κ3) is 2.02. The highest BCUT2D eigenvalue weighted by Gasteiger charge is 2.79. The number of ether oxygens (including phenoxy) is 2. The van der Waals surface area contributed by atoms with Crippen LogP contribution in [0.4, 0.5) is 0 Å². The van der Waals surface area contributed by atoms with Crippen LogP contribution in [0.3, 0.4) is 0 Å². The Balaban J connectivity index is 1.51. The summed E-state index contributed by atoms with van der Waals surface area (Å²) in [4.78, 5) is 37.4. The zero-order valence-electron chi connectivity index (χ0n) is 18.0. The van der Waals surface area contributed by atoms with Gasteiger partial charge in [0.15, 0.2) is 5.78 Å². The quantitative estimate of drug-likeness (QED) is 0.486. The summed E-state index contributed by atoms with van der Waals surface area (Å²) in [6.45, 7) is 4.58. The van der Waals surface area contributed by atoms with Gasteiger partial charge in [-0.3, -0.25) is 14.4 Å². The molecule has 6 aliphatic rings. The highest BCUT2D eigenvalue weighted by molar-refractivity contribution is 5.92. The minimum atomic E-state index is -0.359. The van der Waals surface area contributed by atoms with Gasteiger partial charge in [-0.1, -0.05) is 31.1 Å². The number of allylic oxidation sites excluding steroid dienone is 4. The van der Waals surface area contributed by atoms with Crippen LogP contribution in [0.5, 0.6) is 0 Å². The maximum atomic E-state index is 13.0. The lowest BCUT2D eigenvalue weighted by atomic mass is 9.47. The fraction of sp³-hybridized carbons (Fsp3) is 0.720. The number of rotatable bonds is 1. The van der Waals surface area contributed by atoms with Crippen molar-refractivity contribution < 1.29 is 23.9 Å². The van der Waals surface area contributed by atoms with Crippen molar-refractivity contribution in [3.05, 3.63) is 23.3 Å². The molecule has 0 amide bonds. The lowest BCUT2D eigenvalue weighted by molar-refractivity contribution is -0.169. The number of ketones is 1. The van der Waals surface area contributed by atoms with Crippen LogP contribution in [0.25, 0.3) is 0 Å². The lowest BCUT2D eigenvalue weighted by Gasteiger charge is -2.57. The highest BCUT2D eigenvalue weighted by atomic mass is 16.6. The van der Waals surface area contributed by atoms with E-state index in [1.807, 2.05) is 0 Å². The molecular formula is C25H30O5. The number of carbonyl (C=O) groups excluding carboxylic acids is 3. The van der Waals surface area contributed by atoms with Gasteiger partial charge in [-0.25, -0.2) is 0 Å². The maximum Gasteiger partial charge on any atom is 0.309 e. The van der Waals surface area contributed by atoms with E-state index in [-0.39, 0.29) is 46.0 Å². The second-order valence-corrected chi connectivity index (χ2v) is 11.0. The average molecular weight is 411 g/mol. The van der Waals surface area contributed by atoms with E-state index >= 15 is 0 Å². The fourth-order valence-corrected chi connectivity index (χ4v) is 8.58. The molecule has 4 fully saturated rings. The number of carbonyl (C=O) groups is 3. The van der Waals surface area contributed by atoms with E-state index in [1.54, 1.807) is 6.08 Å². The van der Waals surface area contributed by atoms with E-state index in [0.717, 1.165) is 31.3 Å². The van der Waals surface area contributed by atoms with Crippen LogP contribution in [-0.4, -0.2) is 30.4 Å². The number of esters is 2. The van der Waals surface area contributed by atoms with Crippen LogP contribution in [0.1, 0.15) is 58.8 Å². The molecule has 3 saturated carbocycles. The summed E-state index contributed by atoms with van der Waals surface area (Å²) in [5.41, 5.74) is 1.82. The fourth-order valence-electron chi connectivity index (χ4n) is 8.58. The predicted octanol–water partition coefficient (Wildman–Crippen LogP) is 3.77. The van der Waals surface area contributed by atoms with Gasteiger partial charge in [0.25, 0.3) is 0 Å². The molecule has 8 atom stereocenters. The van der Waals surface area contributed by atoms with Crippen molar-refractivity contribution in [3.8, 4) is 0 Å². The molecule has 0 N–H and O–H groups in total. The van der Waals surface area contributed by atoms with Crippen molar-refractivity contribution in [1.29, 1.82) is 0 Å². The van der Waals surface area contributed by atoms with E-state index < -0.39 is 0 Å². The molecule has 160 valence electrons. The summed E-state index contributed by atoms with van der Waals surface area (Å²) < 4.78 is 11.4. The first-order valence-electron chi connectivity index (χ1n) is 11.5. The third-order valence-electron chi connectivity index (χ3n) is 10.0. The molecule has 5 heteroatoms. The number of hydrogen-bond donors (Lipinski definition) is 0. The molecule has 1 spiro atoms. The van der Waals surface area contributed by atoms with Gasteiger partial charge < -0.3 is 9.47 Å². The number of hydrogen-bond acceptors (Lipinski definition) is 5. The van der Waals surface area contributed by atoms with E-state index in [4.69, 9.17) is 9.47 Å². The van der Waals surface area contributed by atoms with Crippen LogP contribution >= 0.6 is 0 Å². The minimum Gasteiger partial charge on any atom is -0.469 e. The van der Waals surface area contributed by atoms with Crippen LogP contribution in [0.15, 0.2) is 23.3 Å². The van der Waals surface area contributed by atoms with Crippen molar-refractivity contribution >= 4 is 17.7 Å². The molecule has 1 heterocycles. The van der Waals surface area contributed by atoms with Crippen molar-refractivity contribution in [2.75, 3.05) is 7.11 Å². The van der Waals surface area contributed by atoms with E-state index in [9.17, 15) is 14.4 Å². The predicted molar refractivity (Wildman–Crippen MR) is 108 cm³/mol. The molecule has 0 aromatic heterocycles. The van der Waals surface area contributed by atoms with Gasteiger partial charge in [-0.05, 0) is 55.9 Å². The molecule has 5 nitrogen and oxygen atoms in total. The molecule has 30 heavy (non-hydrogen) atoms. The van der Waals surface area contributed by atoms with Gasteiger partial charge in [0.1, 0.15) is 5.60 Å². The summed E-state index contributed by atoms with van der Waals surface area (Å²) in [6.07, 6.45) is 9.48. The summed E-state index contributed by atoms with van der Waals surface area (Å²) in [7, 11) is 1.47. The topological polar surface area (TPSA) is 69.7 Å². The van der Waals surface area contributed by atoms with Crippen molar-refractivity contribution in [1.82, 2.24) is 0 Å². The number of fused-ring (bicyclic) bond motifs is 9. The molecule has 0 aromatic rings. The summed E-state index contributed by atoms with van der Waals surface area (Å²) in [5.74, 6) is 1.07. The monoisotopic (exact) mass is 410 g/mol. The molecule has 5 aliphatic carbocycles. The Labute approximate surface area is 177 Å². The first kappa shape index (κ1) is 18.8. The van der Waals surface area contributed by atoms with Gasteiger partial charge in [-0.2, -0.15) is 0 Å². The van der Waals surface area contributed by atoms with Crippen molar-refractivity contribution in [3.63, 3.8) is 0 Å². The van der Waals surface area contributed by atoms with Crippen LogP contribution in [0.2, 0.25) is 0 Å². The zero-order valence-corrected chi connectivity index (χ0v) is 18.0. The summed E-state index contributed by atoms with van der Waals surface area (Å²) in [5, 5.41) is 0. The van der Waals surface area contributed by atoms with E-state index in [0.29, 0.717) is 37.0 Å². The molecule has 6 rings (SSSR count). The second-order valence-electron chi connectivity index (χ2n) is 11.0. The van der Waals surface area contributed by atoms with Crippen LogP contribution in [0, 0.1) is 40.4 Å². The zero-order chi connectivity index (χ0) is 21.1. The SMILES string of the molecule is COC(=O)C1CC2=CC(=O)CC[C@]2(C)C2=CC[C@@]3(C)C(C21)[C@@H]1C[C@@H]1[C@@]31CCC(=O)O1. The van der Waals surface area contributed by atoms with E-state index in [2.05, 4.69) is 19.9 Å². The Kier molecular flexibility index (Phi) is 3.55. The molecular weight excluding hydrogens is 380 g/mol. The van der Waals surface area contributed by atoms with Crippen LogP contribution < -0.4 is 0 Å². The highest BCUT2D eigenvalue weighted by Crippen LogP contribution is 2.78. The van der Waals surface area contributed by atoms with Gasteiger partial charge in [-0.15, -0.1) is 0 Å². The Morgan fingerprint density at radius 1 is 1.20 bits per heavy atom. The third-order valence-corrected chi connectivity index (χ3v) is 10.0. The molecule has 3 unspecified atom stereocenters. The molecule has 0 radical (unpaired) electrons. The Bertz CT molecular complexity index is 945. The van der Waals surface area contributed by atoms with Gasteiger partial charge in [0, 0.05) is 29.6 Å². The lowest BCUT2D eigenvalue weighted by Crippen LogP contribution is -2.56. The molecule has 0 bridgehead atoms. The molecule has 1 aliphatic heterocycles. The Hall–Kier alpha value is -1.91. The number of methoxy groups -OCH3 is 1. The van der Waals surface area contributed by atoms with E-state index in [1.165, 1.54) is 12.7 Å². The van der Waals surface area contributed by atoms with Gasteiger partial charge in [0.2, 0.25) is 0 Å². The minimum absolute atomic E-state index is 0.0616. The summed E-state index contributed by atoms with van der Waals surface area (Å²) >= 11 is 0. The normalized spacial score (nSPS) is 50.6. The maximum absolute atomic E-state index is 13.0. The van der Waals surface area contributed by atoms with Gasteiger partial charge in [0.05, 0.1) is 13.0 Å². The Morgan fingerprint density at radius 3 is 2.70 bits per heavy atom. The smallest absolute Gasteiger partial charge is 0.309 e. The van der Waals surface area contributed by atoms with Crippen molar-refractivity contribution in [2.45, 2.75) is 64.4 Å². The molecule has 0 aromatic carbocycles. The molecule has 1 saturated heterocycles. The van der Waals surface area contributed by atoms with Crippen LogP contribution in [-0.2, 0) is 23.9 Å². The van der Waals surface area contributed by atoms with Crippen molar-refractivity contribution in [2.24, 2.45) is 40.4 Å². The first-order chi connectivity index (χ1) is 14.2. The standard InChI is InChI=1S/C25H30O5/c1-23-7-4-14(26)10-13(23)11-16(22(28)29-3)20-17(23)5-8-24(2)21(20)15-12-18(15)25(24)9-6-19(27)30-25/h5,10,15-16,18,20-21H,4,6-9,11-12H2,1-3H3/t15-,16?,18+,20?,21?,23+,24+,25+/m1/s1. The average Bonchev–Trinajstić information content (AvgIpc) is 3.36. The second kappa shape index (κ2) is 5.66. The Morgan fingerprint density at radius 2 is 2.00 bits per heavy atom.